The summed E-state index contributed by atoms with van der Waals surface area (Å²) < 4.78 is 18.3. The van der Waals surface area contributed by atoms with Crippen molar-refractivity contribution < 1.29 is 18.8 Å². The van der Waals surface area contributed by atoms with Crippen LogP contribution in [0.1, 0.15) is 18.4 Å². The highest BCUT2D eigenvalue weighted by Crippen LogP contribution is 2.30. The molecule has 28 heavy (non-hydrogen) atoms. The van der Waals surface area contributed by atoms with Gasteiger partial charge in [0.1, 0.15) is 11.6 Å². The van der Waals surface area contributed by atoms with Gasteiger partial charge in [-0.2, -0.15) is 0 Å². The smallest absolute Gasteiger partial charge is 0.271 e. The number of benzene rings is 2. The Morgan fingerprint density at radius 2 is 2.07 bits per heavy atom. The van der Waals surface area contributed by atoms with E-state index >= 15 is 0 Å². The van der Waals surface area contributed by atoms with E-state index in [4.69, 9.17) is 4.74 Å². The highest BCUT2D eigenvalue weighted by atomic mass is 19.1. The van der Waals surface area contributed by atoms with Crippen LogP contribution in [-0.4, -0.2) is 35.9 Å². The Kier molecular flexibility index (Phi) is 6.20. The SMILES string of the molecule is COc1ccc([N+](=O)[O-])cc1NC(=O)[C@@H]1CCCN(Cc2ccc(F)cc2)C1. The molecular formula is C20H22FN3O4. The highest BCUT2D eigenvalue weighted by molar-refractivity contribution is 5.94. The van der Waals surface area contributed by atoms with Crippen molar-refractivity contribution in [1.82, 2.24) is 4.90 Å². The summed E-state index contributed by atoms with van der Waals surface area (Å²) in [4.78, 5) is 25.4. The third-order valence-electron chi connectivity index (χ3n) is 4.85. The van der Waals surface area contributed by atoms with Gasteiger partial charge in [0.25, 0.3) is 5.69 Å². The molecule has 1 aliphatic rings. The number of methoxy groups -OCH3 is 1. The lowest BCUT2D eigenvalue weighted by Gasteiger charge is -2.32. The Morgan fingerprint density at radius 3 is 2.75 bits per heavy atom. The molecule has 2 aromatic rings. The number of ether oxygens (including phenoxy) is 1. The van der Waals surface area contributed by atoms with Crippen LogP contribution < -0.4 is 10.1 Å². The predicted octanol–water partition coefficient (Wildman–Crippen LogP) is 3.59. The number of hydrogen-bond acceptors (Lipinski definition) is 5. The van der Waals surface area contributed by atoms with Gasteiger partial charge in [0.05, 0.1) is 23.6 Å². The van der Waals surface area contributed by atoms with Gasteiger partial charge in [-0.3, -0.25) is 19.8 Å². The van der Waals surface area contributed by atoms with Crippen LogP contribution >= 0.6 is 0 Å². The first-order valence-electron chi connectivity index (χ1n) is 9.06. The van der Waals surface area contributed by atoms with Gasteiger partial charge in [0.15, 0.2) is 0 Å². The molecule has 1 heterocycles. The first-order chi connectivity index (χ1) is 13.5. The fourth-order valence-corrected chi connectivity index (χ4v) is 3.40. The first kappa shape index (κ1) is 19.8. The maximum absolute atomic E-state index is 13.1. The zero-order valence-corrected chi connectivity index (χ0v) is 15.6. The van der Waals surface area contributed by atoms with Gasteiger partial charge in [0, 0.05) is 25.2 Å². The van der Waals surface area contributed by atoms with Crippen LogP contribution in [0.2, 0.25) is 0 Å². The van der Waals surface area contributed by atoms with Crippen molar-refractivity contribution in [1.29, 1.82) is 0 Å². The number of piperidine rings is 1. The number of nitro groups is 1. The van der Waals surface area contributed by atoms with Gasteiger partial charge >= 0.3 is 0 Å². The molecule has 0 unspecified atom stereocenters. The molecule has 0 radical (unpaired) electrons. The van der Waals surface area contributed by atoms with Gasteiger partial charge in [-0.05, 0) is 43.1 Å². The number of nitrogens with zero attached hydrogens (tertiary/aromatic N) is 2. The summed E-state index contributed by atoms with van der Waals surface area (Å²) >= 11 is 0. The number of rotatable bonds is 6. The molecule has 1 amide bonds. The van der Waals surface area contributed by atoms with E-state index < -0.39 is 4.92 Å². The summed E-state index contributed by atoms with van der Waals surface area (Å²) in [5.41, 5.74) is 1.16. The van der Waals surface area contributed by atoms with Crippen LogP contribution in [-0.2, 0) is 11.3 Å². The number of carbonyl (C=O) groups is 1. The molecule has 2 aromatic carbocycles. The van der Waals surface area contributed by atoms with E-state index in [2.05, 4.69) is 10.2 Å². The van der Waals surface area contributed by atoms with Crippen molar-refractivity contribution in [2.45, 2.75) is 19.4 Å². The molecule has 0 aliphatic carbocycles. The fourth-order valence-electron chi connectivity index (χ4n) is 3.40. The first-order valence-corrected chi connectivity index (χ1v) is 9.06. The summed E-state index contributed by atoms with van der Waals surface area (Å²) in [6.45, 7) is 2.08. The van der Waals surface area contributed by atoms with E-state index in [-0.39, 0.29) is 29.0 Å². The molecule has 1 saturated heterocycles. The van der Waals surface area contributed by atoms with Crippen LogP contribution in [0.25, 0.3) is 0 Å². The molecule has 148 valence electrons. The summed E-state index contributed by atoms with van der Waals surface area (Å²) in [5, 5.41) is 13.8. The maximum Gasteiger partial charge on any atom is 0.271 e. The summed E-state index contributed by atoms with van der Waals surface area (Å²) in [6, 6.07) is 10.4. The van der Waals surface area contributed by atoms with Crippen molar-refractivity contribution in [3.05, 3.63) is 64.0 Å². The van der Waals surface area contributed by atoms with E-state index in [1.807, 2.05) is 0 Å². The van der Waals surface area contributed by atoms with Crippen molar-refractivity contribution in [2.24, 2.45) is 5.92 Å². The molecule has 0 saturated carbocycles. The lowest BCUT2D eigenvalue weighted by atomic mass is 9.96. The molecule has 1 N–H and O–H groups in total. The Balaban J connectivity index is 1.66. The number of carbonyl (C=O) groups excluding carboxylic acids is 1. The number of anilines is 1. The van der Waals surface area contributed by atoms with Crippen molar-refractivity contribution >= 4 is 17.3 Å². The van der Waals surface area contributed by atoms with Gasteiger partial charge in [-0.15, -0.1) is 0 Å². The van der Waals surface area contributed by atoms with E-state index in [0.717, 1.165) is 24.9 Å². The van der Waals surface area contributed by atoms with Crippen molar-refractivity contribution in [3.8, 4) is 5.75 Å². The zero-order chi connectivity index (χ0) is 20.1. The number of nitro benzene ring substituents is 1. The lowest BCUT2D eigenvalue weighted by Crippen LogP contribution is -2.40. The normalized spacial score (nSPS) is 17.1. The number of halogens is 1. The monoisotopic (exact) mass is 387 g/mol. The molecule has 1 aliphatic heterocycles. The second kappa shape index (κ2) is 8.79. The standard InChI is InChI=1S/C20H22FN3O4/c1-28-19-9-8-17(24(26)27)11-18(19)22-20(25)15-3-2-10-23(13-15)12-14-4-6-16(21)7-5-14/h4-9,11,15H,2-3,10,12-13H2,1H3,(H,22,25)/t15-/m1/s1. The molecule has 7 nitrogen and oxygen atoms in total. The number of nitrogens with one attached hydrogen (secondary N) is 1. The molecule has 1 fully saturated rings. The highest BCUT2D eigenvalue weighted by Gasteiger charge is 2.27. The van der Waals surface area contributed by atoms with Gasteiger partial charge in [0.2, 0.25) is 5.91 Å². The molecular weight excluding hydrogens is 365 g/mol. The molecule has 8 heteroatoms. The topological polar surface area (TPSA) is 84.7 Å². The Morgan fingerprint density at radius 1 is 1.32 bits per heavy atom. The third kappa shape index (κ3) is 4.83. The van der Waals surface area contributed by atoms with Crippen LogP contribution in [0.5, 0.6) is 5.75 Å². The summed E-state index contributed by atoms with van der Waals surface area (Å²) in [6.07, 6.45) is 1.61. The zero-order valence-electron chi connectivity index (χ0n) is 15.6. The van der Waals surface area contributed by atoms with Crippen molar-refractivity contribution in [3.63, 3.8) is 0 Å². The third-order valence-corrected chi connectivity index (χ3v) is 4.85. The van der Waals surface area contributed by atoms with E-state index in [0.29, 0.717) is 18.8 Å². The quantitative estimate of drug-likeness (QED) is 0.605. The minimum absolute atomic E-state index is 0.113. The number of amides is 1. The maximum atomic E-state index is 13.1. The summed E-state index contributed by atoms with van der Waals surface area (Å²) in [5.74, 6) is -0.329. The van der Waals surface area contributed by atoms with Crippen molar-refractivity contribution in [2.75, 3.05) is 25.5 Å². The average molecular weight is 387 g/mol. The van der Waals surface area contributed by atoms with Crippen LogP contribution in [0.4, 0.5) is 15.8 Å². The fraction of sp³-hybridized carbons (Fsp3) is 0.350. The van der Waals surface area contributed by atoms with E-state index in [9.17, 15) is 19.3 Å². The Labute approximate surface area is 162 Å². The van der Waals surface area contributed by atoms with Crippen LogP contribution in [0, 0.1) is 21.8 Å². The second-order valence-electron chi connectivity index (χ2n) is 6.83. The van der Waals surface area contributed by atoms with E-state index in [1.54, 1.807) is 12.1 Å². The number of likely N-dealkylation sites (tertiary alicyclic amines) is 1. The minimum atomic E-state index is -0.514. The Bertz CT molecular complexity index is 857. The minimum Gasteiger partial charge on any atom is -0.495 e. The lowest BCUT2D eigenvalue weighted by molar-refractivity contribution is -0.384. The molecule has 0 spiro atoms. The predicted molar refractivity (Wildman–Crippen MR) is 103 cm³/mol. The number of hydrogen-bond donors (Lipinski definition) is 1. The number of non-ortho nitro benzene ring substituents is 1. The molecule has 0 aromatic heterocycles. The average Bonchev–Trinajstić information content (AvgIpc) is 2.70. The van der Waals surface area contributed by atoms with Gasteiger partial charge in [-0.1, -0.05) is 12.1 Å². The van der Waals surface area contributed by atoms with E-state index in [1.165, 1.54) is 37.4 Å². The summed E-state index contributed by atoms with van der Waals surface area (Å²) in [7, 11) is 1.45. The van der Waals surface area contributed by atoms with Crippen LogP contribution in [0.15, 0.2) is 42.5 Å². The molecule has 3 rings (SSSR count). The largest absolute Gasteiger partial charge is 0.495 e. The van der Waals surface area contributed by atoms with Gasteiger partial charge in [-0.25, -0.2) is 4.39 Å². The second-order valence-corrected chi connectivity index (χ2v) is 6.83. The van der Waals surface area contributed by atoms with Crippen LogP contribution in [0.3, 0.4) is 0 Å². The molecule has 1 atom stereocenters. The molecule has 0 bridgehead atoms. The van der Waals surface area contributed by atoms with Gasteiger partial charge < -0.3 is 10.1 Å². The Hall–Kier alpha value is -3.00.